The van der Waals surface area contributed by atoms with Crippen LogP contribution in [0.2, 0.25) is 0 Å². The molecular formula is C11H21BrO2. The first-order valence-electron chi connectivity index (χ1n) is 5.52. The van der Waals surface area contributed by atoms with E-state index in [9.17, 15) is 0 Å². The van der Waals surface area contributed by atoms with Crippen molar-refractivity contribution < 1.29 is 9.47 Å². The lowest BCUT2D eigenvalue weighted by atomic mass is 10.1. The van der Waals surface area contributed by atoms with Crippen LogP contribution in [-0.4, -0.2) is 30.8 Å². The molecule has 0 saturated heterocycles. The molecule has 0 spiro atoms. The van der Waals surface area contributed by atoms with Crippen molar-refractivity contribution in [1.82, 2.24) is 0 Å². The van der Waals surface area contributed by atoms with Crippen LogP contribution in [0.15, 0.2) is 0 Å². The van der Waals surface area contributed by atoms with E-state index in [1.54, 1.807) is 7.11 Å². The Morgan fingerprint density at radius 3 is 2.71 bits per heavy atom. The number of hydrogen-bond acceptors (Lipinski definition) is 2. The summed E-state index contributed by atoms with van der Waals surface area (Å²) in [6, 6.07) is 0. The third kappa shape index (κ3) is 4.28. The fraction of sp³-hybridized carbons (Fsp3) is 1.00. The van der Waals surface area contributed by atoms with Gasteiger partial charge in [-0.3, -0.25) is 0 Å². The van der Waals surface area contributed by atoms with E-state index >= 15 is 0 Å². The molecule has 3 atom stereocenters. The number of ether oxygens (including phenoxy) is 2. The highest BCUT2D eigenvalue weighted by Crippen LogP contribution is 2.26. The molecule has 3 unspecified atom stereocenters. The second kappa shape index (κ2) is 6.81. The second-order valence-corrected chi connectivity index (χ2v) is 5.27. The Morgan fingerprint density at radius 1 is 1.29 bits per heavy atom. The maximum Gasteiger partial charge on any atom is 0.0784 e. The summed E-state index contributed by atoms with van der Waals surface area (Å²) in [5.41, 5.74) is 0. The molecular weight excluding hydrogens is 244 g/mol. The van der Waals surface area contributed by atoms with Crippen LogP contribution in [0.5, 0.6) is 0 Å². The molecule has 3 heteroatoms. The number of halogens is 1. The van der Waals surface area contributed by atoms with Gasteiger partial charge in [0, 0.05) is 11.9 Å². The Balaban J connectivity index is 2.32. The molecule has 0 N–H and O–H groups in total. The molecule has 0 aromatic carbocycles. The van der Waals surface area contributed by atoms with E-state index in [-0.39, 0.29) is 6.10 Å². The predicted octanol–water partition coefficient (Wildman–Crippen LogP) is 3.13. The highest BCUT2D eigenvalue weighted by Gasteiger charge is 2.23. The zero-order chi connectivity index (χ0) is 10.4. The van der Waals surface area contributed by atoms with Gasteiger partial charge in [0.2, 0.25) is 0 Å². The fourth-order valence-electron chi connectivity index (χ4n) is 1.95. The molecule has 0 radical (unpaired) electrons. The summed E-state index contributed by atoms with van der Waals surface area (Å²) in [5.74, 6) is 0. The molecule has 1 aliphatic carbocycles. The summed E-state index contributed by atoms with van der Waals surface area (Å²) in [6.07, 6.45) is 6.99. The minimum atomic E-state index is 0.211. The second-order valence-electron chi connectivity index (χ2n) is 4.09. The van der Waals surface area contributed by atoms with Gasteiger partial charge >= 0.3 is 0 Å². The Hall–Kier alpha value is 0.400. The molecule has 0 bridgehead atoms. The lowest BCUT2D eigenvalue weighted by Gasteiger charge is -2.24. The van der Waals surface area contributed by atoms with E-state index in [1.165, 1.54) is 32.1 Å². The van der Waals surface area contributed by atoms with E-state index in [0.29, 0.717) is 17.5 Å². The largest absolute Gasteiger partial charge is 0.382 e. The molecule has 1 aliphatic rings. The third-order valence-electron chi connectivity index (χ3n) is 2.68. The smallest absolute Gasteiger partial charge is 0.0784 e. The topological polar surface area (TPSA) is 18.5 Å². The van der Waals surface area contributed by atoms with Gasteiger partial charge in [-0.15, -0.1) is 0 Å². The summed E-state index contributed by atoms with van der Waals surface area (Å²) in [6.45, 7) is 2.77. The normalized spacial score (nSPS) is 31.1. The molecule has 14 heavy (non-hydrogen) atoms. The number of alkyl halides is 1. The number of methoxy groups -OCH3 is 1. The van der Waals surface area contributed by atoms with Gasteiger partial charge in [0.25, 0.3) is 0 Å². The van der Waals surface area contributed by atoms with Crippen molar-refractivity contribution >= 4 is 15.9 Å². The van der Waals surface area contributed by atoms with Crippen molar-refractivity contribution in [1.29, 1.82) is 0 Å². The van der Waals surface area contributed by atoms with Gasteiger partial charge < -0.3 is 9.47 Å². The molecule has 2 nitrogen and oxygen atoms in total. The van der Waals surface area contributed by atoms with Crippen LogP contribution in [-0.2, 0) is 9.47 Å². The molecule has 0 aliphatic heterocycles. The molecule has 0 aromatic rings. The van der Waals surface area contributed by atoms with Gasteiger partial charge in [-0.05, 0) is 19.8 Å². The molecule has 1 fully saturated rings. The van der Waals surface area contributed by atoms with Crippen LogP contribution >= 0.6 is 15.9 Å². The molecule has 1 rings (SSSR count). The first-order chi connectivity index (χ1) is 6.74. The van der Waals surface area contributed by atoms with E-state index in [4.69, 9.17) is 9.47 Å². The molecule has 84 valence electrons. The van der Waals surface area contributed by atoms with Gasteiger partial charge in [-0.25, -0.2) is 0 Å². The average molecular weight is 265 g/mol. The summed E-state index contributed by atoms with van der Waals surface area (Å²) in [7, 11) is 1.72. The fourth-order valence-corrected chi connectivity index (χ4v) is 2.67. The zero-order valence-corrected chi connectivity index (χ0v) is 10.8. The summed E-state index contributed by atoms with van der Waals surface area (Å²) >= 11 is 3.72. The van der Waals surface area contributed by atoms with Crippen molar-refractivity contribution in [2.24, 2.45) is 0 Å². The summed E-state index contributed by atoms with van der Waals surface area (Å²) in [4.78, 5) is 0.532. The highest BCUT2D eigenvalue weighted by molar-refractivity contribution is 9.09. The highest BCUT2D eigenvalue weighted by atomic mass is 79.9. The Labute approximate surface area is 95.5 Å². The van der Waals surface area contributed by atoms with Crippen molar-refractivity contribution in [3.63, 3.8) is 0 Å². The molecule has 0 amide bonds. The van der Waals surface area contributed by atoms with Crippen LogP contribution in [0.4, 0.5) is 0 Å². The van der Waals surface area contributed by atoms with Crippen molar-refractivity contribution in [2.75, 3.05) is 13.7 Å². The minimum Gasteiger partial charge on any atom is -0.382 e. The van der Waals surface area contributed by atoms with Crippen molar-refractivity contribution in [3.05, 3.63) is 0 Å². The lowest BCUT2D eigenvalue weighted by Crippen LogP contribution is -2.29. The maximum absolute atomic E-state index is 5.95. The monoisotopic (exact) mass is 264 g/mol. The third-order valence-corrected chi connectivity index (χ3v) is 3.73. The Morgan fingerprint density at radius 2 is 2.00 bits per heavy atom. The zero-order valence-electron chi connectivity index (χ0n) is 9.17. The number of rotatable bonds is 4. The quantitative estimate of drug-likeness (QED) is 0.574. The van der Waals surface area contributed by atoms with E-state index in [0.717, 1.165) is 0 Å². The van der Waals surface area contributed by atoms with Gasteiger partial charge in [-0.2, -0.15) is 0 Å². The van der Waals surface area contributed by atoms with Crippen molar-refractivity contribution in [3.8, 4) is 0 Å². The first kappa shape index (κ1) is 12.5. The van der Waals surface area contributed by atoms with Gasteiger partial charge in [0.15, 0.2) is 0 Å². The minimum absolute atomic E-state index is 0.211. The van der Waals surface area contributed by atoms with E-state index in [2.05, 4.69) is 22.9 Å². The van der Waals surface area contributed by atoms with Crippen LogP contribution in [0, 0.1) is 0 Å². The number of hydrogen-bond donors (Lipinski definition) is 0. The summed E-state index contributed by atoms with van der Waals surface area (Å²) in [5, 5.41) is 0. The Bertz CT molecular complexity index is 152. The lowest BCUT2D eigenvalue weighted by molar-refractivity contribution is -0.0405. The van der Waals surface area contributed by atoms with Gasteiger partial charge in [-0.1, -0.05) is 35.2 Å². The molecule has 0 heterocycles. The summed E-state index contributed by atoms with van der Waals surface area (Å²) < 4.78 is 11.0. The van der Waals surface area contributed by atoms with Gasteiger partial charge in [0.1, 0.15) is 0 Å². The van der Waals surface area contributed by atoms with Gasteiger partial charge in [0.05, 0.1) is 18.8 Å². The standard InChI is InChI=1S/C11H21BrO2/c1-9(8-13-2)14-11-7-5-3-4-6-10(11)12/h9-11H,3-8H2,1-2H3. The Kier molecular flexibility index (Phi) is 6.06. The molecule has 0 aromatic heterocycles. The van der Waals surface area contributed by atoms with Crippen LogP contribution in [0.25, 0.3) is 0 Å². The van der Waals surface area contributed by atoms with Crippen LogP contribution < -0.4 is 0 Å². The van der Waals surface area contributed by atoms with E-state index < -0.39 is 0 Å². The average Bonchev–Trinajstić information content (AvgIpc) is 2.33. The molecule has 1 saturated carbocycles. The maximum atomic E-state index is 5.95. The first-order valence-corrected chi connectivity index (χ1v) is 6.44. The predicted molar refractivity (Wildman–Crippen MR) is 62.0 cm³/mol. The van der Waals surface area contributed by atoms with Crippen LogP contribution in [0.1, 0.15) is 39.0 Å². The van der Waals surface area contributed by atoms with Crippen molar-refractivity contribution in [2.45, 2.75) is 56.1 Å². The SMILES string of the molecule is COCC(C)OC1CCCCCC1Br. The van der Waals surface area contributed by atoms with E-state index in [1.807, 2.05) is 0 Å². The van der Waals surface area contributed by atoms with Crippen LogP contribution in [0.3, 0.4) is 0 Å².